The maximum atomic E-state index is 3.76. The lowest BCUT2D eigenvalue weighted by Gasteiger charge is -2.34. The predicted octanol–water partition coefficient (Wildman–Crippen LogP) is 5.15. The molecule has 0 saturated heterocycles. The van der Waals surface area contributed by atoms with Crippen LogP contribution in [-0.4, -0.2) is 12.6 Å². The fourth-order valence-corrected chi connectivity index (χ4v) is 2.94. The monoisotopic (exact) mass is 253 g/mol. The summed E-state index contributed by atoms with van der Waals surface area (Å²) in [4.78, 5) is 0. The third-order valence-corrected chi connectivity index (χ3v) is 4.48. The maximum absolute atomic E-state index is 3.76. The molecule has 1 heteroatoms. The number of hydrogen-bond donors (Lipinski definition) is 1. The van der Waals surface area contributed by atoms with Crippen LogP contribution in [0.1, 0.15) is 85.5 Å². The van der Waals surface area contributed by atoms with Crippen LogP contribution >= 0.6 is 0 Å². The van der Waals surface area contributed by atoms with Crippen LogP contribution in [0.25, 0.3) is 0 Å². The Balaban J connectivity index is 1.90. The zero-order valence-corrected chi connectivity index (χ0v) is 13.2. The minimum Gasteiger partial charge on any atom is -0.314 e. The van der Waals surface area contributed by atoms with Gasteiger partial charge in [0.25, 0.3) is 0 Å². The van der Waals surface area contributed by atoms with Crippen LogP contribution in [-0.2, 0) is 0 Å². The standard InChI is InChI=1S/C17H35N/c1-15(2)9-7-5-6-8-14-18-16-10-12-17(3,4)13-11-16/h15-16,18H,5-14H2,1-4H3. The normalized spacial score (nSPS) is 20.5. The van der Waals surface area contributed by atoms with E-state index in [1.807, 2.05) is 0 Å². The predicted molar refractivity (Wildman–Crippen MR) is 82.0 cm³/mol. The molecule has 0 unspecified atom stereocenters. The quantitative estimate of drug-likeness (QED) is 0.590. The summed E-state index contributed by atoms with van der Waals surface area (Å²) in [5.41, 5.74) is 0.606. The van der Waals surface area contributed by atoms with Gasteiger partial charge in [0.15, 0.2) is 0 Å². The van der Waals surface area contributed by atoms with E-state index < -0.39 is 0 Å². The maximum Gasteiger partial charge on any atom is 0.00674 e. The van der Waals surface area contributed by atoms with Gasteiger partial charge in [0.2, 0.25) is 0 Å². The van der Waals surface area contributed by atoms with Crippen molar-refractivity contribution in [3.8, 4) is 0 Å². The Morgan fingerprint density at radius 1 is 1.00 bits per heavy atom. The van der Waals surface area contributed by atoms with Crippen molar-refractivity contribution in [1.29, 1.82) is 0 Å². The first-order valence-electron chi connectivity index (χ1n) is 8.23. The average molecular weight is 253 g/mol. The van der Waals surface area contributed by atoms with Gasteiger partial charge in [-0.2, -0.15) is 0 Å². The summed E-state index contributed by atoms with van der Waals surface area (Å²) in [6.45, 7) is 10.7. The number of unbranched alkanes of at least 4 members (excludes halogenated alkanes) is 3. The van der Waals surface area contributed by atoms with Crippen molar-refractivity contribution in [2.45, 2.75) is 91.5 Å². The van der Waals surface area contributed by atoms with Gasteiger partial charge in [0, 0.05) is 6.04 Å². The van der Waals surface area contributed by atoms with Crippen LogP contribution in [0.4, 0.5) is 0 Å². The second kappa shape index (κ2) is 8.19. The van der Waals surface area contributed by atoms with E-state index in [4.69, 9.17) is 0 Å². The van der Waals surface area contributed by atoms with E-state index in [-0.39, 0.29) is 0 Å². The third kappa shape index (κ3) is 7.41. The molecule has 1 N–H and O–H groups in total. The van der Waals surface area contributed by atoms with Gasteiger partial charge in [-0.3, -0.25) is 0 Å². The summed E-state index contributed by atoms with van der Waals surface area (Å²) in [5.74, 6) is 0.883. The Labute approximate surface area is 115 Å². The Morgan fingerprint density at radius 2 is 1.61 bits per heavy atom. The van der Waals surface area contributed by atoms with E-state index in [9.17, 15) is 0 Å². The molecule has 0 heterocycles. The first kappa shape index (κ1) is 16.0. The molecule has 0 spiro atoms. The molecule has 0 aliphatic heterocycles. The molecule has 0 amide bonds. The highest BCUT2D eigenvalue weighted by atomic mass is 14.9. The van der Waals surface area contributed by atoms with Gasteiger partial charge < -0.3 is 5.32 Å². The highest BCUT2D eigenvalue weighted by Gasteiger charge is 2.26. The van der Waals surface area contributed by atoms with Crippen molar-refractivity contribution in [1.82, 2.24) is 5.32 Å². The molecule has 0 aromatic carbocycles. The molecule has 1 aliphatic rings. The van der Waals surface area contributed by atoms with Crippen LogP contribution in [0.2, 0.25) is 0 Å². The van der Waals surface area contributed by atoms with Crippen LogP contribution < -0.4 is 5.32 Å². The van der Waals surface area contributed by atoms with Gasteiger partial charge in [-0.25, -0.2) is 0 Å². The summed E-state index contributed by atoms with van der Waals surface area (Å²) in [6.07, 6.45) is 12.6. The molecule has 0 aromatic rings. The molecule has 0 radical (unpaired) electrons. The van der Waals surface area contributed by atoms with E-state index in [0.717, 1.165) is 12.0 Å². The zero-order valence-electron chi connectivity index (χ0n) is 13.2. The molecule has 0 bridgehead atoms. The summed E-state index contributed by atoms with van der Waals surface area (Å²) in [5, 5.41) is 3.76. The third-order valence-electron chi connectivity index (χ3n) is 4.48. The topological polar surface area (TPSA) is 12.0 Å². The number of hydrogen-bond acceptors (Lipinski definition) is 1. The second-order valence-corrected chi connectivity index (χ2v) is 7.49. The van der Waals surface area contributed by atoms with Gasteiger partial charge in [-0.05, 0) is 50.0 Å². The molecule has 1 fully saturated rings. The molecule has 18 heavy (non-hydrogen) atoms. The van der Waals surface area contributed by atoms with Gasteiger partial charge in [0.05, 0.1) is 0 Å². The molecule has 108 valence electrons. The van der Waals surface area contributed by atoms with Crippen molar-refractivity contribution in [2.75, 3.05) is 6.54 Å². The van der Waals surface area contributed by atoms with Crippen LogP contribution in [0.5, 0.6) is 0 Å². The molecule has 1 nitrogen and oxygen atoms in total. The fraction of sp³-hybridized carbons (Fsp3) is 1.00. The molecule has 1 rings (SSSR count). The lowest BCUT2D eigenvalue weighted by molar-refractivity contribution is 0.206. The smallest absolute Gasteiger partial charge is 0.00674 e. The Bertz CT molecular complexity index is 198. The molecule has 1 aliphatic carbocycles. The first-order chi connectivity index (χ1) is 8.49. The van der Waals surface area contributed by atoms with Gasteiger partial charge >= 0.3 is 0 Å². The van der Waals surface area contributed by atoms with E-state index in [1.54, 1.807) is 0 Å². The van der Waals surface area contributed by atoms with E-state index in [1.165, 1.54) is 64.3 Å². The largest absolute Gasteiger partial charge is 0.314 e. The fourth-order valence-electron chi connectivity index (χ4n) is 2.94. The first-order valence-corrected chi connectivity index (χ1v) is 8.23. The Kier molecular flexibility index (Phi) is 7.29. The van der Waals surface area contributed by atoms with Gasteiger partial charge in [0.1, 0.15) is 0 Å². The van der Waals surface area contributed by atoms with Crippen molar-refractivity contribution in [3.63, 3.8) is 0 Å². The van der Waals surface area contributed by atoms with Gasteiger partial charge in [-0.15, -0.1) is 0 Å². The van der Waals surface area contributed by atoms with Crippen molar-refractivity contribution in [2.24, 2.45) is 11.3 Å². The highest BCUT2D eigenvalue weighted by Crippen LogP contribution is 2.34. The van der Waals surface area contributed by atoms with Crippen LogP contribution in [0, 0.1) is 11.3 Å². The Morgan fingerprint density at radius 3 is 2.22 bits per heavy atom. The number of nitrogens with one attached hydrogen (secondary N) is 1. The molecule has 0 atom stereocenters. The minimum absolute atomic E-state index is 0.606. The second-order valence-electron chi connectivity index (χ2n) is 7.49. The van der Waals surface area contributed by atoms with Crippen LogP contribution in [0.15, 0.2) is 0 Å². The van der Waals surface area contributed by atoms with E-state index in [0.29, 0.717) is 5.41 Å². The Hall–Kier alpha value is -0.0400. The van der Waals surface area contributed by atoms with Gasteiger partial charge in [-0.1, -0.05) is 53.4 Å². The molecular weight excluding hydrogens is 218 g/mol. The average Bonchev–Trinajstić information content (AvgIpc) is 2.29. The summed E-state index contributed by atoms with van der Waals surface area (Å²) in [6, 6.07) is 0.814. The summed E-state index contributed by atoms with van der Waals surface area (Å²) >= 11 is 0. The summed E-state index contributed by atoms with van der Waals surface area (Å²) in [7, 11) is 0. The highest BCUT2D eigenvalue weighted by molar-refractivity contribution is 4.81. The van der Waals surface area contributed by atoms with E-state index in [2.05, 4.69) is 33.0 Å². The molecule has 0 aromatic heterocycles. The van der Waals surface area contributed by atoms with Crippen molar-refractivity contribution in [3.05, 3.63) is 0 Å². The van der Waals surface area contributed by atoms with Crippen molar-refractivity contribution >= 4 is 0 Å². The lowest BCUT2D eigenvalue weighted by atomic mass is 9.75. The van der Waals surface area contributed by atoms with Crippen molar-refractivity contribution < 1.29 is 0 Å². The van der Waals surface area contributed by atoms with Crippen LogP contribution in [0.3, 0.4) is 0 Å². The number of rotatable bonds is 8. The lowest BCUT2D eigenvalue weighted by Crippen LogP contribution is -2.36. The minimum atomic E-state index is 0.606. The molecular formula is C17H35N. The zero-order chi connectivity index (χ0) is 13.4. The summed E-state index contributed by atoms with van der Waals surface area (Å²) < 4.78 is 0. The van der Waals surface area contributed by atoms with E-state index >= 15 is 0 Å². The molecule has 1 saturated carbocycles. The SMILES string of the molecule is CC(C)CCCCCCNC1CCC(C)(C)CC1.